The zero-order chi connectivity index (χ0) is 11.4. The van der Waals surface area contributed by atoms with Crippen LogP contribution in [0.4, 0.5) is 0 Å². The molecule has 1 aliphatic rings. The van der Waals surface area contributed by atoms with Gasteiger partial charge in [-0.25, -0.2) is 0 Å². The van der Waals surface area contributed by atoms with Crippen LogP contribution in [0.3, 0.4) is 0 Å². The van der Waals surface area contributed by atoms with Crippen molar-refractivity contribution in [2.75, 3.05) is 6.61 Å². The fourth-order valence-corrected chi connectivity index (χ4v) is 1.66. The van der Waals surface area contributed by atoms with Gasteiger partial charge in [-0.3, -0.25) is 4.79 Å². The summed E-state index contributed by atoms with van der Waals surface area (Å²) < 4.78 is 10.9. The fraction of sp³-hybridized carbons (Fsp3) is 0.417. The molecule has 0 aliphatic carbocycles. The van der Waals surface area contributed by atoms with Crippen molar-refractivity contribution in [2.45, 2.75) is 25.2 Å². The van der Waals surface area contributed by atoms with Gasteiger partial charge in [0.25, 0.3) is 0 Å². The van der Waals surface area contributed by atoms with Gasteiger partial charge in [-0.05, 0) is 12.1 Å². The Hall–Kier alpha value is -1.39. The number of aliphatic hydroxyl groups excluding tert-OH is 1. The van der Waals surface area contributed by atoms with E-state index in [4.69, 9.17) is 14.6 Å². The highest BCUT2D eigenvalue weighted by atomic mass is 16.7. The number of carbonyl (C=O) groups is 1. The van der Waals surface area contributed by atoms with E-state index in [1.54, 1.807) is 12.1 Å². The molecular weight excluding hydrogens is 208 g/mol. The maximum Gasteiger partial charge on any atom is 0.207 e. The van der Waals surface area contributed by atoms with Crippen molar-refractivity contribution in [3.05, 3.63) is 30.3 Å². The molecule has 2 rings (SSSR count). The molecule has 1 aromatic rings. The van der Waals surface area contributed by atoms with Gasteiger partial charge in [-0.1, -0.05) is 18.2 Å². The number of ether oxygens (including phenoxy) is 2. The lowest BCUT2D eigenvalue weighted by Gasteiger charge is -2.28. The summed E-state index contributed by atoms with van der Waals surface area (Å²) in [5.41, 5.74) is 0. The average Bonchev–Trinajstić information content (AvgIpc) is 2.29. The summed E-state index contributed by atoms with van der Waals surface area (Å²) in [5.74, 6) is 0.727. The van der Waals surface area contributed by atoms with Gasteiger partial charge in [0, 0.05) is 6.42 Å². The Morgan fingerprint density at radius 3 is 2.75 bits per heavy atom. The summed E-state index contributed by atoms with van der Waals surface area (Å²) in [7, 11) is 0. The molecule has 2 atom stereocenters. The van der Waals surface area contributed by atoms with Gasteiger partial charge in [0.15, 0.2) is 0 Å². The maximum absolute atomic E-state index is 11.4. The molecule has 0 saturated carbocycles. The van der Waals surface area contributed by atoms with Gasteiger partial charge in [-0.2, -0.15) is 0 Å². The summed E-state index contributed by atoms with van der Waals surface area (Å²) in [4.78, 5) is 11.4. The minimum Gasteiger partial charge on any atom is -0.464 e. The molecule has 0 bridgehead atoms. The molecule has 1 N–H and O–H groups in total. The van der Waals surface area contributed by atoms with Crippen molar-refractivity contribution in [1.82, 2.24) is 0 Å². The minimum absolute atomic E-state index is 0.0613. The highest BCUT2D eigenvalue weighted by Gasteiger charge is 2.28. The first-order valence-electron chi connectivity index (χ1n) is 5.27. The van der Waals surface area contributed by atoms with E-state index < -0.39 is 12.4 Å². The Labute approximate surface area is 93.8 Å². The molecule has 1 aliphatic heterocycles. The van der Waals surface area contributed by atoms with Crippen LogP contribution in [0.1, 0.15) is 12.8 Å². The first kappa shape index (κ1) is 11.1. The lowest BCUT2D eigenvalue weighted by molar-refractivity contribution is -0.169. The summed E-state index contributed by atoms with van der Waals surface area (Å²) >= 11 is 0. The van der Waals surface area contributed by atoms with Crippen molar-refractivity contribution in [3.8, 4) is 5.75 Å². The van der Waals surface area contributed by atoms with Crippen LogP contribution in [-0.4, -0.2) is 29.9 Å². The first-order chi connectivity index (χ1) is 7.78. The van der Waals surface area contributed by atoms with Crippen LogP contribution in [-0.2, 0) is 9.53 Å². The van der Waals surface area contributed by atoms with E-state index in [2.05, 4.69) is 0 Å². The van der Waals surface area contributed by atoms with E-state index in [0.717, 1.165) is 0 Å². The second-order valence-corrected chi connectivity index (χ2v) is 3.75. The van der Waals surface area contributed by atoms with Gasteiger partial charge in [0.1, 0.15) is 11.5 Å². The van der Waals surface area contributed by atoms with Gasteiger partial charge >= 0.3 is 0 Å². The number of rotatable bonds is 3. The van der Waals surface area contributed by atoms with Crippen molar-refractivity contribution in [3.63, 3.8) is 0 Å². The van der Waals surface area contributed by atoms with E-state index in [9.17, 15) is 4.79 Å². The lowest BCUT2D eigenvalue weighted by Crippen LogP contribution is -2.38. The van der Waals surface area contributed by atoms with E-state index in [1.165, 1.54) is 0 Å². The zero-order valence-corrected chi connectivity index (χ0v) is 8.83. The number of benzene rings is 1. The molecule has 1 aromatic carbocycles. The predicted octanol–water partition coefficient (Wildman–Crippen LogP) is 1.13. The second-order valence-electron chi connectivity index (χ2n) is 3.75. The number of Topliss-reactive ketones (excluding diaryl/α,β-unsaturated/α-hetero) is 1. The van der Waals surface area contributed by atoms with Crippen LogP contribution in [0.5, 0.6) is 5.75 Å². The Kier molecular flexibility index (Phi) is 3.54. The molecule has 0 spiro atoms. The van der Waals surface area contributed by atoms with Gasteiger partial charge in [0.05, 0.1) is 19.1 Å². The molecule has 0 aromatic heterocycles. The molecule has 0 radical (unpaired) electrons. The van der Waals surface area contributed by atoms with Crippen molar-refractivity contribution in [1.29, 1.82) is 0 Å². The SMILES string of the molecule is O=C1CC(CO)OC(Oc2ccccc2)C1. The van der Waals surface area contributed by atoms with E-state index in [0.29, 0.717) is 5.75 Å². The molecule has 1 heterocycles. The Bertz CT molecular complexity index is 349. The predicted molar refractivity (Wildman–Crippen MR) is 57.1 cm³/mol. The third kappa shape index (κ3) is 2.81. The van der Waals surface area contributed by atoms with Crippen LogP contribution in [0, 0.1) is 0 Å². The third-order valence-corrected chi connectivity index (χ3v) is 2.41. The van der Waals surface area contributed by atoms with Crippen LogP contribution in [0.2, 0.25) is 0 Å². The zero-order valence-electron chi connectivity index (χ0n) is 8.83. The van der Waals surface area contributed by atoms with Crippen LogP contribution in [0.15, 0.2) is 30.3 Å². The van der Waals surface area contributed by atoms with E-state index in [-0.39, 0.29) is 25.2 Å². The molecule has 4 nitrogen and oxygen atoms in total. The monoisotopic (exact) mass is 222 g/mol. The summed E-state index contributed by atoms with van der Waals surface area (Å²) in [5, 5.41) is 8.96. The van der Waals surface area contributed by atoms with Crippen LogP contribution >= 0.6 is 0 Å². The van der Waals surface area contributed by atoms with Crippen molar-refractivity contribution in [2.24, 2.45) is 0 Å². The Morgan fingerprint density at radius 2 is 2.06 bits per heavy atom. The van der Waals surface area contributed by atoms with Crippen molar-refractivity contribution >= 4 is 5.78 Å². The summed E-state index contributed by atoms with van der Waals surface area (Å²) in [6.45, 7) is -0.152. The van der Waals surface area contributed by atoms with Crippen LogP contribution in [0.25, 0.3) is 0 Å². The first-order valence-corrected chi connectivity index (χ1v) is 5.27. The number of hydrogen-bond acceptors (Lipinski definition) is 4. The molecular formula is C12H14O4. The highest BCUT2D eigenvalue weighted by Crippen LogP contribution is 2.20. The number of aliphatic hydroxyl groups is 1. The fourth-order valence-electron chi connectivity index (χ4n) is 1.66. The normalized spacial score (nSPS) is 25.4. The van der Waals surface area contributed by atoms with Gasteiger partial charge in [0.2, 0.25) is 6.29 Å². The molecule has 1 fully saturated rings. The molecule has 16 heavy (non-hydrogen) atoms. The topological polar surface area (TPSA) is 55.8 Å². The minimum atomic E-state index is -0.583. The van der Waals surface area contributed by atoms with E-state index >= 15 is 0 Å². The average molecular weight is 222 g/mol. The third-order valence-electron chi connectivity index (χ3n) is 2.41. The Balaban J connectivity index is 1.97. The number of para-hydroxylation sites is 1. The number of ketones is 1. The molecule has 86 valence electrons. The summed E-state index contributed by atoms with van der Waals surface area (Å²) in [6.07, 6.45) is -0.507. The molecule has 4 heteroatoms. The smallest absolute Gasteiger partial charge is 0.207 e. The maximum atomic E-state index is 11.4. The summed E-state index contributed by atoms with van der Waals surface area (Å²) in [6, 6.07) is 9.19. The lowest BCUT2D eigenvalue weighted by atomic mass is 10.1. The second kappa shape index (κ2) is 5.09. The standard InChI is InChI=1S/C12H14O4/c13-8-11-6-9(14)7-12(16-11)15-10-4-2-1-3-5-10/h1-5,11-13H,6-8H2. The van der Waals surface area contributed by atoms with Gasteiger partial charge in [-0.15, -0.1) is 0 Å². The molecule has 1 saturated heterocycles. The van der Waals surface area contributed by atoms with Crippen molar-refractivity contribution < 1.29 is 19.4 Å². The van der Waals surface area contributed by atoms with E-state index in [1.807, 2.05) is 18.2 Å². The molecule has 0 amide bonds. The Morgan fingerprint density at radius 1 is 1.31 bits per heavy atom. The molecule has 2 unspecified atom stereocenters. The quantitative estimate of drug-likeness (QED) is 0.833. The van der Waals surface area contributed by atoms with Crippen LogP contribution < -0.4 is 4.74 Å². The van der Waals surface area contributed by atoms with Gasteiger partial charge < -0.3 is 14.6 Å². The largest absolute Gasteiger partial charge is 0.464 e. The number of carbonyl (C=O) groups excluding carboxylic acids is 1. The number of hydrogen-bond donors (Lipinski definition) is 1. The highest BCUT2D eigenvalue weighted by molar-refractivity contribution is 5.79.